The van der Waals surface area contributed by atoms with E-state index >= 15 is 0 Å². The molecule has 4 nitrogen and oxygen atoms in total. The fourth-order valence-corrected chi connectivity index (χ4v) is 7.90. The maximum Gasteiger partial charge on any atom is 0.305 e. The third-order valence-electron chi connectivity index (χ3n) is 11.8. The molecule has 0 spiro atoms. The Kier molecular flexibility index (Phi) is 22.7. The lowest BCUT2D eigenvalue weighted by Crippen LogP contribution is -2.37. The summed E-state index contributed by atoms with van der Waals surface area (Å²) in [6.07, 6.45) is 34.9. The lowest BCUT2D eigenvalue weighted by atomic mass is 9.83. The summed E-state index contributed by atoms with van der Waals surface area (Å²) in [6, 6.07) is 0. The number of hydrogen-bond acceptors (Lipinski definition) is 4. The predicted molar refractivity (Wildman–Crippen MR) is 224 cm³/mol. The summed E-state index contributed by atoms with van der Waals surface area (Å²) in [7, 11) is 1.46. The van der Waals surface area contributed by atoms with Crippen LogP contribution in [0.3, 0.4) is 0 Å². The topological polar surface area (TPSA) is 44.8 Å². The van der Waals surface area contributed by atoms with E-state index in [0.717, 1.165) is 74.2 Å². The van der Waals surface area contributed by atoms with E-state index in [9.17, 15) is 4.79 Å². The molecule has 1 heterocycles. The van der Waals surface area contributed by atoms with Gasteiger partial charge in [0, 0.05) is 12.0 Å². The van der Waals surface area contributed by atoms with Crippen LogP contribution in [0.15, 0.2) is 24.3 Å². The number of ether oxygens (including phenoxy) is 3. The van der Waals surface area contributed by atoms with Crippen LogP contribution in [-0.2, 0) is 16.0 Å². The third kappa shape index (κ3) is 17.7. The Labute approximate surface area is 322 Å². The van der Waals surface area contributed by atoms with Gasteiger partial charge < -0.3 is 14.2 Å². The minimum Gasteiger partial charge on any atom is -0.487 e. The number of carbonyl (C=O) groups is 1. The fraction of sp³-hybridized carbons (Fsp3) is 0.771. The number of allylic oxidation sites excluding steroid dienone is 3. The molecular formula is C48H82O4. The molecule has 0 saturated heterocycles. The van der Waals surface area contributed by atoms with Crippen molar-refractivity contribution in [2.45, 2.75) is 215 Å². The second-order valence-corrected chi connectivity index (χ2v) is 17.3. The fourth-order valence-electron chi connectivity index (χ4n) is 7.90. The van der Waals surface area contributed by atoms with Crippen molar-refractivity contribution in [1.82, 2.24) is 0 Å². The lowest BCUT2D eigenvalue weighted by molar-refractivity contribution is -0.140. The SMILES string of the molecule is CCCCCC(/C=C/C=C\CCCCCCCC(=O)OC)Oc1c(C)c(C)c2c(c1C)CC[C@@](C)(CCC[C@H](C)CCC[C@H](C)CCCC(C)C)O2. The number of esters is 1. The summed E-state index contributed by atoms with van der Waals surface area (Å²) >= 11 is 0. The highest BCUT2D eigenvalue weighted by molar-refractivity contribution is 5.69. The van der Waals surface area contributed by atoms with Crippen molar-refractivity contribution in [3.05, 3.63) is 46.6 Å². The maximum atomic E-state index is 11.2. The van der Waals surface area contributed by atoms with Crippen molar-refractivity contribution in [3.8, 4) is 11.5 Å². The largest absolute Gasteiger partial charge is 0.487 e. The molecule has 298 valence electrons. The first-order chi connectivity index (χ1) is 24.9. The molecule has 1 aliphatic rings. The van der Waals surface area contributed by atoms with Crippen molar-refractivity contribution in [3.63, 3.8) is 0 Å². The summed E-state index contributed by atoms with van der Waals surface area (Å²) in [6.45, 7) is 20.9. The quantitative estimate of drug-likeness (QED) is 0.0491. The predicted octanol–water partition coefficient (Wildman–Crippen LogP) is 14.5. The Bertz CT molecular complexity index is 1200. The molecule has 1 aromatic rings. The van der Waals surface area contributed by atoms with Crippen LogP contribution >= 0.6 is 0 Å². The van der Waals surface area contributed by atoms with E-state index in [-0.39, 0.29) is 17.7 Å². The highest BCUT2D eigenvalue weighted by Gasteiger charge is 2.34. The van der Waals surface area contributed by atoms with Crippen LogP contribution in [0.1, 0.15) is 199 Å². The average molecular weight is 723 g/mol. The van der Waals surface area contributed by atoms with Gasteiger partial charge in [-0.05, 0) is 126 Å². The Hall–Kier alpha value is -2.23. The molecule has 52 heavy (non-hydrogen) atoms. The molecule has 0 radical (unpaired) electrons. The minimum absolute atomic E-state index is 0.0608. The van der Waals surface area contributed by atoms with Gasteiger partial charge in [-0.1, -0.05) is 130 Å². The zero-order valence-electron chi connectivity index (χ0n) is 35.8. The summed E-state index contributed by atoms with van der Waals surface area (Å²) < 4.78 is 18.6. The first-order valence-corrected chi connectivity index (χ1v) is 21.8. The van der Waals surface area contributed by atoms with E-state index in [4.69, 9.17) is 14.2 Å². The monoisotopic (exact) mass is 723 g/mol. The highest BCUT2D eigenvalue weighted by atomic mass is 16.5. The van der Waals surface area contributed by atoms with Gasteiger partial charge in [0.25, 0.3) is 0 Å². The molecule has 0 N–H and O–H groups in total. The van der Waals surface area contributed by atoms with E-state index in [1.165, 1.54) is 119 Å². The van der Waals surface area contributed by atoms with Crippen molar-refractivity contribution >= 4 is 5.97 Å². The van der Waals surface area contributed by atoms with E-state index < -0.39 is 0 Å². The Morgan fingerprint density at radius 1 is 0.769 bits per heavy atom. The number of rotatable bonds is 28. The maximum absolute atomic E-state index is 11.2. The van der Waals surface area contributed by atoms with Crippen LogP contribution < -0.4 is 9.47 Å². The summed E-state index contributed by atoms with van der Waals surface area (Å²) in [5, 5.41) is 0. The summed E-state index contributed by atoms with van der Waals surface area (Å²) in [5.41, 5.74) is 5.00. The summed E-state index contributed by atoms with van der Waals surface area (Å²) in [5.74, 6) is 4.60. The first kappa shape index (κ1) is 45.9. The molecule has 0 saturated carbocycles. The molecular weight excluding hydrogens is 641 g/mol. The number of methoxy groups -OCH3 is 1. The third-order valence-corrected chi connectivity index (χ3v) is 11.8. The zero-order chi connectivity index (χ0) is 38.4. The Morgan fingerprint density at radius 3 is 2.10 bits per heavy atom. The molecule has 0 amide bonds. The number of fused-ring (bicyclic) bond motifs is 1. The van der Waals surface area contributed by atoms with Crippen molar-refractivity contribution in [1.29, 1.82) is 0 Å². The second kappa shape index (κ2) is 25.7. The highest BCUT2D eigenvalue weighted by Crippen LogP contribution is 2.45. The molecule has 0 aromatic heterocycles. The van der Waals surface area contributed by atoms with Gasteiger partial charge in [-0.3, -0.25) is 4.79 Å². The van der Waals surface area contributed by atoms with Gasteiger partial charge in [0.05, 0.1) is 7.11 Å². The van der Waals surface area contributed by atoms with E-state index in [1.54, 1.807) is 0 Å². The van der Waals surface area contributed by atoms with Crippen LogP contribution in [0.4, 0.5) is 0 Å². The van der Waals surface area contributed by atoms with Gasteiger partial charge in [0.15, 0.2) is 0 Å². The van der Waals surface area contributed by atoms with Crippen molar-refractivity contribution in [2.24, 2.45) is 17.8 Å². The average Bonchev–Trinajstić information content (AvgIpc) is 3.10. The molecule has 0 fully saturated rings. The van der Waals surface area contributed by atoms with Crippen LogP contribution in [0.5, 0.6) is 11.5 Å². The minimum atomic E-state index is -0.0973. The van der Waals surface area contributed by atoms with Gasteiger partial charge >= 0.3 is 5.97 Å². The van der Waals surface area contributed by atoms with E-state index in [1.807, 2.05) is 0 Å². The Morgan fingerprint density at radius 2 is 1.42 bits per heavy atom. The molecule has 0 bridgehead atoms. The van der Waals surface area contributed by atoms with Gasteiger partial charge in [-0.25, -0.2) is 0 Å². The molecule has 0 aliphatic carbocycles. The van der Waals surface area contributed by atoms with E-state index in [0.29, 0.717) is 6.42 Å². The van der Waals surface area contributed by atoms with Gasteiger partial charge in [0.2, 0.25) is 0 Å². The van der Waals surface area contributed by atoms with Crippen molar-refractivity contribution in [2.75, 3.05) is 7.11 Å². The lowest BCUT2D eigenvalue weighted by Gasteiger charge is -2.38. The molecule has 2 rings (SSSR count). The van der Waals surface area contributed by atoms with Crippen LogP contribution in [0.2, 0.25) is 0 Å². The Balaban J connectivity index is 1.91. The zero-order valence-corrected chi connectivity index (χ0v) is 35.8. The number of unbranched alkanes of at least 4 members (excludes halogenated alkanes) is 7. The van der Waals surface area contributed by atoms with Crippen LogP contribution in [0.25, 0.3) is 0 Å². The smallest absolute Gasteiger partial charge is 0.305 e. The molecule has 4 heteroatoms. The molecule has 1 aromatic carbocycles. The standard InChI is InChI=1S/C48H82O4/c1-11-12-20-31-43(32-21-18-16-14-13-15-17-19-22-33-45(49)50-10)51-46-40(6)41(7)47-44(42(46)8)34-36-48(9,52-47)35-25-30-39(5)29-24-28-38(4)27-23-26-37(2)3/h16,18,21,32,37-39,43H,11-15,17,19-20,22-31,33-36H2,1-10H3/b18-16-,32-21+/t38-,39-,43?,48-/m1/s1. The van der Waals surface area contributed by atoms with Gasteiger partial charge in [0.1, 0.15) is 23.2 Å². The molecule has 1 aliphatic heterocycles. The molecule has 4 atom stereocenters. The van der Waals surface area contributed by atoms with Crippen LogP contribution in [-0.4, -0.2) is 24.8 Å². The number of benzene rings is 1. The summed E-state index contributed by atoms with van der Waals surface area (Å²) in [4.78, 5) is 11.2. The number of hydrogen-bond donors (Lipinski definition) is 0. The first-order valence-electron chi connectivity index (χ1n) is 21.8. The van der Waals surface area contributed by atoms with Crippen LogP contribution in [0, 0.1) is 38.5 Å². The number of carbonyl (C=O) groups excluding carboxylic acids is 1. The van der Waals surface area contributed by atoms with Gasteiger partial charge in [-0.15, -0.1) is 0 Å². The molecule has 1 unspecified atom stereocenters. The normalized spacial score (nSPS) is 17.8. The van der Waals surface area contributed by atoms with E-state index in [2.05, 4.69) is 86.6 Å². The van der Waals surface area contributed by atoms with Gasteiger partial charge in [-0.2, -0.15) is 0 Å². The second-order valence-electron chi connectivity index (χ2n) is 17.3. The van der Waals surface area contributed by atoms with Crippen molar-refractivity contribution < 1.29 is 19.0 Å².